The van der Waals surface area contributed by atoms with Crippen LogP contribution in [-0.4, -0.2) is 43.8 Å². The number of carbonyl (C=O) groups excluding carboxylic acids is 2. The fourth-order valence-corrected chi connectivity index (χ4v) is 3.52. The number of rotatable bonds is 10. The van der Waals surface area contributed by atoms with Crippen LogP contribution in [0.3, 0.4) is 0 Å². The van der Waals surface area contributed by atoms with Crippen LogP contribution in [0.4, 0.5) is 11.4 Å². The van der Waals surface area contributed by atoms with Gasteiger partial charge in [-0.25, -0.2) is 13.1 Å². The lowest BCUT2D eigenvalue weighted by atomic mass is 10.1. The van der Waals surface area contributed by atoms with Crippen LogP contribution in [0.2, 0.25) is 0 Å². The Labute approximate surface area is 185 Å². The van der Waals surface area contributed by atoms with E-state index in [1.165, 1.54) is 18.4 Å². The predicted molar refractivity (Wildman–Crippen MR) is 115 cm³/mol. The lowest BCUT2D eigenvalue weighted by Gasteiger charge is -2.20. The van der Waals surface area contributed by atoms with Crippen molar-refractivity contribution in [2.45, 2.75) is 37.8 Å². The quantitative estimate of drug-likeness (QED) is 0.297. The van der Waals surface area contributed by atoms with Crippen LogP contribution in [-0.2, 0) is 26.2 Å². The Kier molecular flexibility index (Phi) is 7.94. The van der Waals surface area contributed by atoms with Gasteiger partial charge in [0.1, 0.15) is 11.4 Å². The molecule has 0 saturated heterocycles. The van der Waals surface area contributed by atoms with Crippen LogP contribution in [0.25, 0.3) is 0 Å². The Balaban J connectivity index is 2.00. The van der Waals surface area contributed by atoms with Gasteiger partial charge in [0.2, 0.25) is 21.8 Å². The summed E-state index contributed by atoms with van der Waals surface area (Å²) < 4.78 is 32.1. The smallest absolute Gasteiger partial charge is 0.293 e. The van der Waals surface area contributed by atoms with Crippen LogP contribution >= 0.6 is 0 Å². The molecule has 0 unspecified atom stereocenters. The van der Waals surface area contributed by atoms with Crippen molar-refractivity contribution in [3.8, 4) is 0 Å². The van der Waals surface area contributed by atoms with Gasteiger partial charge in [0.05, 0.1) is 35.7 Å². The molecule has 4 N–H and O–H groups in total. The molecule has 2 aromatic rings. The Morgan fingerprint density at radius 1 is 1.12 bits per heavy atom. The van der Waals surface area contributed by atoms with Crippen molar-refractivity contribution in [2.24, 2.45) is 0 Å². The Hall–Kier alpha value is -3.45. The van der Waals surface area contributed by atoms with E-state index in [9.17, 15) is 28.1 Å². The summed E-state index contributed by atoms with van der Waals surface area (Å²) in [5.41, 5.74) is -0.826. The first-order valence-corrected chi connectivity index (χ1v) is 11.0. The first-order valence-electron chi connectivity index (χ1n) is 9.49. The molecule has 0 radical (unpaired) electrons. The summed E-state index contributed by atoms with van der Waals surface area (Å²) in [4.78, 5) is 33.9. The molecular weight excluding hydrogens is 442 g/mol. The second kappa shape index (κ2) is 10.2. The predicted octanol–water partition coefficient (Wildman–Crippen LogP) is 1.11. The number of carbonyl (C=O) groups is 2. The number of nitrogens with zero attached hydrogens (tertiary/aromatic N) is 1. The Morgan fingerprint density at radius 2 is 1.84 bits per heavy atom. The minimum Gasteiger partial charge on any atom is -0.467 e. The van der Waals surface area contributed by atoms with Crippen molar-refractivity contribution in [3.05, 3.63) is 52.5 Å². The maximum Gasteiger partial charge on any atom is 0.293 e. The van der Waals surface area contributed by atoms with Crippen molar-refractivity contribution in [1.82, 2.24) is 15.4 Å². The van der Waals surface area contributed by atoms with E-state index < -0.39 is 44.5 Å². The van der Waals surface area contributed by atoms with Gasteiger partial charge >= 0.3 is 0 Å². The van der Waals surface area contributed by atoms with Gasteiger partial charge in [-0.3, -0.25) is 19.7 Å². The van der Waals surface area contributed by atoms with E-state index in [2.05, 4.69) is 20.7 Å². The van der Waals surface area contributed by atoms with E-state index in [1.54, 1.807) is 32.9 Å². The number of benzene rings is 1. The molecule has 1 aromatic heterocycles. The highest BCUT2D eigenvalue weighted by Gasteiger charge is 2.22. The van der Waals surface area contributed by atoms with Crippen LogP contribution < -0.4 is 20.7 Å². The zero-order valence-corrected chi connectivity index (χ0v) is 18.6. The molecule has 32 heavy (non-hydrogen) atoms. The third kappa shape index (κ3) is 7.67. The monoisotopic (exact) mass is 467 g/mol. The molecule has 12 nitrogen and oxygen atoms in total. The normalized spacial score (nSPS) is 11.6. The number of nitro groups is 1. The maximum absolute atomic E-state index is 12.5. The van der Waals surface area contributed by atoms with Gasteiger partial charge in [0.15, 0.2) is 0 Å². The summed E-state index contributed by atoms with van der Waals surface area (Å²) in [6, 6.07) is 6.67. The van der Waals surface area contributed by atoms with Crippen LogP contribution in [0.1, 0.15) is 26.5 Å². The molecule has 0 aliphatic heterocycles. The van der Waals surface area contributed by atoms with Crippen LogP contribution in [0.15, 0.2) is 45.9 Å². The average Bonchev–Trinajstić information content (AvgIpc) is 3.21. The minimum absolute atomic E-state index is 0.105. The fraction of sp³-hybridized carbons (Fsp3) is 0.368. The van der Waals surface area contributed by atoms with Crippen molar-refractivity contribution in [1.29, 1.82) is 0 Å². The highest BCUT2D eigenvalue weighted by Crippen LogP contribution is 2.28. The van der Waals surface area contributed by atoms with E-state index in [0.29, 0.717) is 5.76 Å². The molecule has 0 aliphatic carbocycles. The first kappa shape index (κ1) is 24.8. The van der Waals surface area contributed by atoms with Gasteiger partial charge in [-0.15, -0.1) is 0 Å². The summed E-state index contributed by atoms with van der Waals surface area (Å²) in [5.74, 6) is -0.620. The van der Waals surface area contributed by atoms with E-state index in [1.807, 2.05) is 0 Å². The summed E-state index contributed by atoms with van der Waals surface area (Å²) in [6.07, 6.45) is 1.46. The molecule has 174 valence electrons. The zero-order chi connectivity index (χ0) is 23.9. The maximum atomic E-state index is 12.5. The highest BCUT2D eigenvalue weighted by atomic mass is 32.2. The SMILES string of the molecule is CC(C)(C)NC(=O)CNC(=O)CNS(=O)(=O)c1ccc(NCc2ccco2)c([N+](=O)[O-])c1. The summed E-state index contributed by atoms with van der Waals surface area (Å²) in [6.45, 7) is 4.53. The molecule has 1 heterocycles. The number of hydrogen-bond acceptors (Lipinski definition) is 8. The van der Waals surface area contributed by atoms with E-state index in [-0.39, 0.29) is 23.7 Å². The molecule has 0 bridgehead atoms. The highest BCUT2D eigenvalue weighted by molar-refractivity contribution is 7.89. The molecule has 2 rings (SSSR count). The lowest BCUT2D eigenvalue weighted by molar-refractivity contribution is -0.384. The first-order chi connectivity index (χ1) is 14.9. The van der Waals surface area contributed by atoms with Crippen molar-refractivity contribution >= 4 is 33.2 Å². The van der Waals surface area contributed by atoms with Crippen molar-refractivity contribution in [2.75, 3.05) is 18.4 Å². The molecule has 13 heteroatoms. The van der Waals surface area contributed by atoms with Gasteiger partial charge in [0.25, 0.3) is 5.69 Å². The molecule has 0 aliphatic rings. The number of hydrogen-bond donors (Lipinski definition) is 4. The average molecular weight is 468 g/mol. The lowest BCUT2D eigenvalue weighted by Crippen LogP contribution is -2.47. The summed E-state index contributed by atoms with van der Waals surface area (Å²) in [5, 5.41) is 19.2. The van der Waals surface area contributed by atoms with E-state index in [4.69, 9.17) is 4.42 Å². The Bertz CT molecular complexity index is 1080. The topological polar surface area (TPSA) is 173 Å². The Morgan fingerprint density at radius 3 is 2.44 bits per heavy atom. The third-order valence-electron chi connectivity index (χ3n) is 3.89. The van der Waals surface area contributed by atoms with Gasteiger partial charge < -0.3 is 20.4 Å². The van der Waals surface area contributed by atoms with E-state index in [0.717, 1.165) is 6.07 Å². The molecule has 0 spiro atoms. The number of nitro benzene ring substituents is 1. The summed E-state index contributed by atoms with van der Waals surface area (Å²) >= 11 is 0. The van der Waals surface area contributed by atoms with Gasteiger partial charge in [-0.2, -0.15) is 0 Å². The number of amides is 2. The molecule has 0 saturated carbocycles. The standard InChI is InChI=1S/C19H25N5O7S/c1-19(2,3)23-18(26)11-21-17(25)12-22-32(29,30)14-6-7-15(16(9-14)24(27)28)20-10-13-5-4-8-31-13/h4-9,20,22H,10-12H2,1-3H3,(H,21,25)(H,23,26). The number of anilines is 1. The van der Waals surface area contributed by atoms with Crippen molar-refractivity contribution < 1.29 is 27.3 Å². The molecule has 2 amide bonds. The van der Waals surface area contributed by atoms with Gasteiger partial charge in [-0.1, -0.05) is 0 Å². The van der Waals surface area contributed by atoms with E-state index >= 15 is 0 Å². The number of nitrogens with one attached hydrogen (secondary N) is 4. The molecule has 0 fully saturated rings. The van der Waals surface area contributed by atoms with Gasteiger partial charge in [0, 0.05) is 11.6 Å². The second-order valence-electron chi connectivity index (χ2n) is 7.77. The van der Waals surface area contributed by atoms with Crippen LogP contribution in [0, 0.1) is 10.1 Å². The summed E-state index contributed by atoms with van der Waals surface area (Å²) in [7, 11) is -4.22. The minimum atomic E-state index is -4.22. The van der Waals surface area contributed by atoms with Gasteiger partial charge in [-0.05, 0) is 45.0 Å². The molecule has 0 atom stereocenters. The second-order valence-corrected chi connectivity index (χ2v) is 9.54. The zero-order valence-electron chi connectivity index (χ0n) is 17.8. The van der Waals surface area contributed by atoms with Crippen molar-refractivity contribution in [3.63, 3.8) is 0 Å². The number of furan rings is 1. The number of sulfonamides is 1. The largest absolute Gasteiger partial charge is 0.467 e. The molecule has 1 aromatic carbocycles. The fourth-order valence-electron chi connectivity index (χ4n) is 2.52. The molecular formula is C19H25N5O7S. The van der Waals surface area contributed by atoms with Crippen LogP contribution in [0.5, 0.6) is 0 Å². The third-order valence-corrected chi connectivity index (χ3v) is 5.29.